The number of fused-ring (bicyclic) bond motifs is 1. The fraction of sp³-hybridized carbons (Fsp3) is 0.556. The zero-order valence-corrected chi connectivity index (χ0v) is 7.83. The molecule has 2 rings (SSSR count). The van der Waals surface area contributed by atoms with Gasteiger partial charge in [0, 0.05) is 24.7 Å². The Hall–Kier alpha value is -1.34. The maximum Gasteiger partial charge on any atom is 0.143 e. The van der Waals surface area contributed by atoms with Gasteiger partial charge in [-0.1, -0.05) is 0 Å². The highest BCUT2D eigenvalue weighted by Gasteiger charge is 2.22. The molecule has 0 saturated carbocycles. The second-order valence-electron chi connectivity index (χ2n) is 3.53. The number of hydrogen-bond acceptors (Lipinski definition) is 3. The first-order chi connectivity index (χ1) is 6.24. The van der Waals surface area contributed by atoms with Crippen molar-refractivity contribution in [1.29, 1.82) is 5.26 Å². The lowest BCUT2D eigenvalue weighted by Gasteiger charge is -2.07. The predicted octanol–water partition coefficient (Wildman–Crippen LogP) is 0.939. The van der Waals surface area contributed by atoms with Gasteiger partial charge in [0.05, 0.1) is 5.69 Å². The number of hydrogen-bond donors (Lipinski definition) is 1. The smallest absolute Gasteiger partial charge is 0.143 e. The van der Waals surface area contributed by atoms with Crippen LogP contribution in [0.25, 0.3) is 0 Å². The summed E-state index contributed by atoms with van der Waals surface area (Å²) in [5.41, 5.74) is 2.83. The van der Waals surface area contributed by atoms with Gasteiger partial charge in [-0.15, -0.1) is 0 Å². The third-order valence-corrected chi connectivity index (χ3v) is 2.28. The van der Waals surface area contributed by atoms with Crippen molar-refractivity contribution in [2.45, 2.75) is 33.0 Å². The van der Waals surface area contributed by atoms with Crippen LogP contribution < -0.4 is 5.32 Å². The van der Waals surface area contributed by atoms with Gasteiger partial charge < -0.3 is 5.32 Å². The minimum atomic E-state index is 0.264. The quantitative estimate of drug-likeness (QED) is 0.692. The highest BCUT2D eigenvalue weighted by Crippen LogP contribution is 2.21. The topological polar surface area (TPSA) is 53.6 Å². The molecule has 0 bridgehead atoms. The van der Waals surface area contributed by atoms with E-state index in [0.717, 1.165) is 30.0 Å². The van der Waals surface area contributed by atoms with Gasteiger partial charge in [0.2, 0.25) is 0 Å². The first-order valence-corrected chi connectivity index (χ1v) is 4.45. The molecule has 0 aliphatic carbocycles. The Bertz CT molecular complexity index is 370. The monoisotopic (exact) mass is 176 g/mol. The van der Waals surface area contributed by atoms with Crippen molar-refractivity contribution in [3.8, 4) is 6.07 Å². The van der Waals surface area contributed by atoms with Gasteiger partial charge in [0.15, 0.2) is 0 Å². The Morgan fingerprint density at radius 1 is 1.54 bits per heavy atom. The van der Waals surface area contributed by atoms with Crippen LogP contribution in [-0.4, -0.2) is 9.78 Å². The maximum atomic E-state index is 8.98. The Morgan fingerprint density at radius 3 is 2.92 bits per heavy atom. The molecule has 1 aliphatic rings. The van der Waals surface area contributed by atoms with Crippen LogP contribution in [0.2, 0.25) is 0 Å². The van der Waals surface area contributed by atoms with Gasteiger partial charge in [-0.25, -0.2) is 0 Å². The molecule has 2 heterocycles. The molecule has 0 saturated heterocycles. The largest absolute Gasteiger partial charge is 0.307 e. The van der Waals surface area contributed by atoms with Crippen molar-refractivity contribution >= 4 is 0 Å². The zero-order chi connectivity index (χ0) is 9.42. The minimum absolute atomic E-state index is 0.264. The van der Waals surface area contributed by atoms with Crippen LogP contribution in [0, 0.1) is 11.3 Å². The molecule has 13 heavy (non-hydrogen) atoms. The minimum Gasteiger partial charge on any atom is -0.307 e. The lowest BCUT2D eigenvalue weighted by molar-refractivity contribution is 0.514. The molecule has 0 aromatic carbocycles. The van der Waals surface area contributed by atoms with Crippen molar-refractivity contribution in [3.63, 3.8) is 0 Å². The van der Waals surface area contributed by atoms with Crippen LogP contribution >= 0.6 is 0 Å². The van der Waals surface area contributed by atoms with Crippen LogP contribution in [0.4, 0.5) is 0 Å². The summed E-state index contributed by atoms with van der Waals surface area (Å²) in [5, 5.41) is 16.6. The molecule has 1 aromatic heterocycles. The summed E-state index contributed by atoms with van der Waals surface area (Å²) in [7, 11) is 0. The van der Waals surface area contributed by atoms with Gasteiger partial charge in [0.25, 0.3) is 0 Å². The van der Waals surface area contributed by atoms with Crippen molar-refractivity contribution in [2.75, 3.05) is 0 Å². The summed E-state index contributed by atoms with van der Waals surface area (Å²) in [4.78, 5) is 0. The molecule has 0 spiro atoms. The summed E-state index contributed by atoms with van der Waals surface area (Å²) >= 11 is 0. The molecule has 1 aliphatic heterocycles. The van der Waals surface area contributed by atoms with Crippen LogP contribution in [0.5, 0.6) is 0 Å². The van der Waals surface area contributed by atoms with E-state index in [2.05, 4.69) is 16.5 Å². The molecule has 0 amide bonds. The van der Waals surface area contributed by atoms with E-state index in [-0.39, 0.29) is 6.04 Å². The van der Waals surface area contributed by atoms with Gasteiger partial charge in [-0.3, -0.25) is 4.68 Å². The fourth-order valence-corrected chi connectivity index (χ4v) is 1.64. The van der Waals surface area contributed by atoms with Crippen LogP contribution in [-0.2, 0) is 13.1 Å². The summed E-state index contributed by atoms with van der Waals surface area (Å²) < 4.78 is 1.81. The summed E-state index contributed by atoms with van der Waals surface area (Å²) in [6.07, 6.45) is 0. The van der Waals surface area contributed by atoms with E-state index in [4.69, 9.17) is 5.26 Å². The van der Waals surface area contributed by atoms with Crippen LogP contribution in [0.1, 0.15) is 36.8 Å². The lowest BCUT2D eigenvalue weighted by atomic mass is 10.2. The van der Waals surface area contributed by atoms with Gasteiger partial charge >= 0.3 is 0 Å². The van der Waals surface area contributed by atoms with Crippen LogP contribution in [0.15, 0.2) is 0 Å². The van der Waals surface area contributed by atoms with E-state index in [0.29, 0.717) is 0 Å². The van der Waals surface area contributed by atoms with E-state index < -0.39 is 0 Å². The third kappa shape index (κ3) is 1.12. The number of aromatic nitrogens is 2. The molecule has 68 valence electrons. The van der Waals surface area contributed by atoms with Crippen molar-refractivity contribution < 1.29 is 0 Å². The molecule has 0 unspecified atom stereocenters. The average molecular weight is 176 g/mol. The predicted molar refractivity (Wildman–Crippen MR) is 47.9 cm³/mol. The van der Waals surface area contributed by atoms with E-state index >= 15 is 0 Å². The van der Waals surface area contributed by atoms with E-state index in [1.165, 1.54) is 0 Å². The Kier molecular flexibility index (Phi) is 1.82. The molecule has 4 heteroatoms. The summed E-state index contributed by atoms with van der Waals surface area (Å²) in [6, 6.07) is 2.48. The molecular formula is C9H12N4. The Morgan fingerprint density at radius 2 is 2.31 bits per heavy atom. The summed E-state index contributed by atoms with van der Waals surface area (Å²) in [6.45, 7) is 5.65. The molecule has 0 radical (unpaired) electrons. The first-order valence-electron chi connectivity index (χ1n) is 4.45. The van der Waals surface area contributed by atoms with Crippen molar-refractivity contribution in [1.82, 2.24) is 15.1 Å². The first kappa shape index (κ1) is 8.27. The molecule has 4 nitrogen and oxygen atoms in total. The molecule has 1 N–H and O–H groups in total. The number of nitriles is 1. The van der Waals surface area contributed by atoms with E-state index in [1.54, 1.807) is 0 Å². The average Bonchev–Trinajstić information content (AvgIpc) is 2.60. The Labute approximate surface area is 77.2 Å². The SMILES string of the molecule is CC(C)n1nc2c(c1C#N)CNC2. The van der Waals surface area contributed by atoms with Gasteiger partial charge in [-0.2, -0.15) is 10.4 Å². The molecule has 1 aromatic rings. The number of rotatable bonds is 1. The molecule has 0 fully saturated rings. The second kappa shape index (κ2) is 2.86. The van der Waals surface area contributed by atoms with Crippen molar-refractivity contribution in [2.24, 2.45) is 0 Å². The normalized spacial score (nSPS) is 14.6. The van der Waals surface area contributed by atoms with Gasteiger partial charge in [-0.05, 0) is 13.8 Å². The van der Waals surface area contributed by atoms with E-state index in [9.17, 15) is 0 Å². The van der Waals surface area contributed by atoms with E-state index in [1.807, 2.05) is 18.5 Å². The maximum absolute atomic E-state index is 8.98. The highest BCUT2D eigenvalue weighted by molar-refractivity contribution is 5.37. The van der Waals surface area contributed by atoms with Gasteiger partial charge in [0.1, 0.15) is 11.8 Å². The number of nitrogens with zero attached hydrogens (tertiary/aromatic N) is 3. The zero-order valence-electron chi connectivity index (χ0n) is 7.83. The fourth-order valence-electron chi connectivity index (χ4n) is 1.64. The standard InChI is InChI=1S/C9H12N4/c1-6(2)13-9(3-10)7-4-11-5-8(7)12-13/h6,11H,4-5H2,1-2H3. The molecular weight excluding hydrogens is 164 g/mol. The Balaban J connectivity index is 2.55. The summed E-state index contributed by atoms with van der Waals surface area (Å²) in [5.74, 6) is 0. The van der Waals surface area contributed by atoms with Crippen molar-refractivity contribution in [3.05, 3.63) is 17.0 Å². The second-order valence-corrected chi connectivity index (χ2v) is 3.53. The van der Waals surface area contributed by atoms with Crippen LogP contribution in [0.3, 0.4) is 0 Å². The number of nitrogens with one attached hydrogen (secondary N) is 1. The third-order valence-electron chi connectivity index (χ3n) is 2.28. The molecule has 0 atom stereocenters. The lowest BCUT2D eigenvalue weighted by Crippen LogP contribution is -2.10. The highest BCUT2D eigenvalue weighted by atomic mass is 15.3.